The number of methoxy groups -OCH3 is 1. The summed E-state index contributed by atoms with van der Waals surface area (Å²) in [7, 11) is 1.72. The lowest BCUT2D eigenvalue weighted by Gasteiger charge is -2.19. The SMILES string of the molecule is CCCCC(CC)Nc1ccccc1OC. The standard InChI is InChI=1S/C14H23NO/c1-4-6-9-12(5-2)15-13-10-7-8-11-14(13)16-3/h7-8,10-12,15H,4-6,9H2,1-3H3. The molecule has 0 amide bonds. The quantitative estimate of drug-likeness (QED) is 0.749. The second-order valence-electron chi connectivity index (χ2n) is 4.09. The molecule has 1 atom stereocenters. The highest BCUT2D eigenvalue weighted by atomic mass is 16.5. The molecule has 0 aromatic heterocycles. The number of anilines is 1. The monoisotopic (exact) mass is 221 g/mol. The summed E-state index contributed by atoms with van der Waals surface area (Å²) in [5.74, 6) is 0.928. The second kappa shape index (κ2) is 7.15. The molecule has 0 aliphatic carbocycles. The lowest BCUT2D eigenvalue weighted by molar-refractivity contribution is 0.415. The first-order valence-electron chi connectivity index (χ1n) is 6.21. The van der Waals surface area contributed by atoms with Gasteiger partial charge in [-0.15, -0.1) is 0 Å². The Balaban J connectivity index is 2.62. The molecule has 0 saturated carbocycles. The maximum atomic E-state index is 5.33. The molecule has 0 spiro atoms. The third-order valence-electron chi connectivity index (χ3n) is 2.87. The minimum atomic E-state index is 0.552. The van der Waals surface area contributed by atoms with Gasteiger partial charge in [0.2, 0.25) is 0 Å². The van der Waals surface area contributed by atoms with Crippen LogP contribution in [0.15, 0.2) is 24.3 Å². The van der Waals surface area contributed by atoms with Gasteiger partial charge in [0.15, 0.2) is 0 Å². The largest absolute Gasteiger partial charge is 0.495 e. The van der Waals surface area contributed by atoms with Crippen molar-refractivity contribution in [3.63, 3.8) is 0 Å². The van der Waals surface area contributed by atoms with Crippen LogP contribution in [0, 0.1) is 0 Å². The van der Waals surface area contributed by atoms with Crippen LogP contribution in [-0.4, -0.2) is 13.2 Å². The second-order valence-corrected chi connectivity index (χ2v) is 4.09. The van der Waals surface area contributed by atoms with E-state index in [0.717, 1.165) is 17.9 Å². The Morgan fingerprint density at radius 1 is 1.25 bits per heavy atom. The van der Waals surface area contributed by atoms with Crippen molar-refractivity contribution in [2.45, 2.75) is 45.6 Å². The normalized spacial score (nSPS) is 12.2. The Morgan fingerprint density at radius 2 is 2.00 bits per heavy atom. The molecule has 0 bridgehead atoms. The first-order valence-corrected chi connectivity index (χ1v) is 6.21. The number of para-hydroxylation sites is 2. The minimum Gasteiger partial charge on any atom is -0.495 e. The molecular formula is C14H23NO. The van der Waals surface area contributed by atoms with Crippen molar-refractivity contribution in [3.05, 3.63) is 24.3 Å². The van der Waals surface area contributed by atoms with Crippen LogP contribution in [0.4, 0.5) is 5.69 Å². The third kappa shape index (κ3) is 3.76. The predicted octanol–water partition coefficient (Wildman–Crippen LogP) is 4.08. The lowest BCUT2D eigenvalue weighted by Crippen LogP contribution is -2.18. The van der Waals surface area contributed by atoms with Crippen LogP contribution in [0.3, 0.4) is 0 Å². The Kier molecular flexibility index (Phi) is 5.76. The minimum absolute atomic E-state index is 0.552. The lowest BCUT2D eigenvalue weighted by atomic mass is 10.1. The first-order chi connectivity index (χ1) is 7.81. The molecule has 90 valence electrons. The van der Waals surface area contributed by atoms with Crippen molar-refractivity contribution in [1.29, 1.82) is 0 Å². The zero-order valence-corrected chi connectivity index (χ0v) is 10.6. The van der Waals surface area contributed by atoms with Crippen LogP contribution < -0.4 is 10.1 Å². The first kappa shape index (κ1) is 12.9. The van der Waals surface area contributed by atoms with E-state index in [9.17, 15) is 0 Å². The zero-order chi connectivity index (χ0) is 11.8. The molecule has 0 heterocycles. The molecule has 1 N–H and O–H groups in total. The molecule has 2 heteroatoms. The molecule has 2 nitrogen and oxygen atoms in total. The predicted molar refractivity (Wildman–Crippen MR) is 70.2 cm³/mol. The van der Waals surface area contributed by atoms with E-state index in [2.05, 4.69) is 25.2 Å². The van der Waals surface area contributed by atoms with E-state index >= 15 is 0 Å². The molecule has 1 aromatic carbocycles. The van der Waals surface area contributed by atoms with Crippen LogP contribution in [-0.2, 0) is 0 Å². The van der Waals surface area contributed by atoms with Gasteiger partial charge in [-0.25, -0.2) is 0 Å². The van der Waals surface area contributed by atoms with E-state index in [1.54, 1.807) is 7.11 Å². The van der Waals surface area contributed by atoms with E-state index in [4.69, 9.17) is 4.74 Å². The highest BCUT2D eigenvalue weighted by Crippen LogP contribution is 2.25. The van der Waals surface area contributed by atoms with Crippen molar-refractivity contribution >= 4 is 5.69 Å². The molecule has 1 unspecified atom stereocenters. The number of ether oxygens (including phenoxy) is 1. The molecule has 0 aliphatic rings. The van der Waals surface area contributed by atoms with Crippen molar-refractivity contribution in [2.75, 3.05) is 12.4 Å². The average Bonchev–Trinajstić information content (AvgIpc) is 2.34. The third-order valence-corrected chi connectivity index (χ3v) is 2.87. The van der Waals surface area contributed by atoms with E-state index in [-0.39, 0.29) is 0 Å². The number of nitrogens with one attached hydrogen (secondary N) is 1. The van der Waals surface area contributed by atoms with Crippen molar-refractivity contribution in [2.24, 2.45) is 0 Å². The number of unbranched alkanes of at least 4 members (excludes halogenated alkanes) is 1. The fourth-order valence-electron chi connectivity index (χ4n) is 1.81. The molecular weight excluding hydrogens is 198 g/mol. The molecule has 1 aromatic rings. The van der Waals surface area contributed by atoms with Crippen molar-refractivity contribution in [3.8, 4) is 5.75 Å². The van der Waals surface area contributed by atoms with Gasteiger partial charge in [0.1, 0.15) is 5.75 Å². The summed E-state index contributed by atoms with van der Waals surface area (Å²) < 4.78 is 5.33. The summed E-state index contributed by atoms with van der Waals surface area (Å²) in [4.78, 5) is 0. The average molecular weight is 221 g/mol. The summed E-state index contributed by atoms with van der Waals surface area (Å²) in [6.07, 6.45) is 4.91. The highest BCUT2D eigenvalue weighted by Gasteiger charge is 2.08. The van der Waals surface area contributed by atoms with Gasteiger partial charge >= 0.3 is 0 Å². The van der Waals surface area contributed by atoms with Crippen LogP contribution >= 0.6 is 0 Å². The number of rotatable bonds is 7. The van der Waals surface area contributed by atoms with Gasteiger partial charge in [-0.1, -0.05) is 38.8 Å². The number of benzene rings is 1. The Labute approximate surface area is 99.0 Å². The Bertz CT molecular complexity index is 299. The topological polar surface area (TPSA) is 21.3 Å². The summed E-state index contributed by atoms with van der Waals surface area (Å²) in [6.45, 7) is 4.46. The van der Waals surface area contributed by atoms with E-state index in [1.165, 1.54) is 19.3 Å². The Morgan fingerprint density at radius 3 is 2.62 bits per heavy atom. The molecule has 0 radical (unpaired) electrons. The van der Waals surface area contributed by atoms with Gasteiger partial charge < -0.3 is 10.1 Å². The van der Waals surface area contributed by atoms with E-state index < -0.39 is 0 Å². The zero-order valence-electron chi connectivity index (χ0n) is 10.6. The highest BCUT2D eigenvalue weighted by molar-refractivity contribution is 5.56. The van der Waals surface area contributed by atoms with Gasteiger partial charge in [0.05, 0.1) is 12.8 Å². The summed E-state index contributed by atoms with van der Waals surface area (Å²) in [5, 5.41) is 3.56. The van der Waals surface area contributed by atoms with Crippen molar-refractivity contribution < 1.29 is 4.74 Å². The molecule has 0 saturated heterocycles. The summed E-state index contributed by atoms with van der Waals surface area (Å²) in [5.41, 5.74) is 1.10. The van der Waals surface area contributed by atoms with E-state index in [0.29, 0.717) is 6.04 Å². The molecule has 0 fully saturated rings. The number of hydrogen-bond acceptors (Lipinski definition) is 2. The summed E-state index contributed by atoms with van der Waals surface area (Å²) >= 11 is 0. The maximum Gasteiger partial charge on any atom is 0.141 e. The maximum absolute atomic E-state index is 5.33. The van der Waals surface area contributed by atoms with Gasteiger partial charge in [-0.2, -0.15) is 0 Å². The van der Waals surface area contributed by atoms with Crippen LogP contribution in [0.5, 0.6) is 5.75 Å². The van der Waals surface area contributed by atoms with Crippen LogP contribution in [0.1, 0.15) is 39.5 Å². The van der Waals surface area contributed by atoms with Gasteiger partial charge in [0.25, 0.3) is 0 Å². The van der Waals surface area contributed by atoms with Gasteiger partial charge in [0, 0.05) is 6.04 Å². The smallest absolute Gasteiger partial charge is 0.141 e. The Hall–Kier alpha value is -1.18. The van der Waals surface area contributed by atoms with Gasteiger partial charge in [-0.3, -0.25) is 0 Å². The van der Waals surface area contributed by atoms with Crippen molar-refractivity contribution in [1.82, 2.24) is 0 Å². The fourth-order valence-corrected chi connectivity index (χ4v) is 1.81. The van der Waals surface area contributed by atoms with Crippen LogP contribution in [0.2, 0.25) is 0 Å². The van der Waals surface area contributed by atoms with Crippen LogP contribution in [0.25, 0.3) is 0 Å². The summed E-state index contributed by atoms with van der Waals surface area (Å²) in [6, 6.07) is 8.66. The molecule has 16 heavy (non-hydrogen) atoms. The van der Waals surface area contributed by atoms with E-state index in [1.807, 2.05) is 18.2 Å². The van der Waals surface area contributed by atoms with Gasteiger partial charge in [-0.05, 0) is 25.0 Å². The fraction of sp³-hybridized carbons (Fsp3) is 0.571. The molecule has 0 aliphatic heterocycles. The number of hydrogen-bond donors (Lipinski definition) is 1. The molecule has 1 rings (SSSR count).